The molecular weight excluding hydrogens is 261 g/mol. The Morgan fingerprint density at radius 3 is 2.11 bits per heavy atom. The summed E-state index contributed by atoms with van der Waals surface area (Å²) in [6.45, 7) is 1.74. The molecule has 18 heavy (non-hydrogen) atoms. The highest BCUT2D eigenvalue weighted by atomic mass is 35.5. The molecule has 0 radical (unpaired) electrons. The summed E-state index contributed by atoms with van der Waals surface area (Å²) in [5.74, 6) is -1.65. The molecule has 0 aliphatic heterocycles. The minimum Gasteiger partial charge on any atom is -0.207 e. The molecule has 2 rings (SSSR count). The van der Waals surface area contributed by atoms with E-state index >= 15 is 0 Å². The van der Waals surface area contributed by atoms with Crippen LogP contribution in [0.3, 0.4) is 0 Å². The van der Waals surface area contributed by atoms with Gasteiger partial charge in [0.15, 0.2) is 0 Å². The van der Waals surface area contributed by atoms with E-state index in [9.17, 15) is 13.2 Å². The lowest BCUT2D eigenvalue weighted by atomic mass is 9.99. The first kappa shape index (κ1) is 13.0. The van der Waals surface area contributed by atoms with Crippen LogP contribution < -0.4 is 0 Å². The van der Waals surface area contributed by atoms with Crippen molar-refractivity contribution in [2.45, 2.75) is 12.3 Å². The van der Waals surface area contributed by atoms with Crippen LogP contribution in [0.4, 0.5) is 13.2 Å². The first-order chi connectivity index (χ1) is 8.49. The van der Waals surface area contributed by atoms with Gasteiger partial charge in [-0.3, -0.25) is 0 Å². The van der Waals surface area contributed by atoms with E-state index in [2.05, 4.69) is 0 Å². The van der Waals surface area contributed by atoms with E-state index in [1.165, 1.54) is 12.1 Å². The van der Waals surface area contributed by atoms with Crippen LogP contribution in [0.25, 0.3) is 0 Å². The summed E-state index contributed by atoms with van der Waals surface area (Å²) in [5, 5.41) is -0.920. The average Bonchev–Trinajstić information content (AvgIpc) is 2.34. The van der Waals surface area contributed by atoms with E-state index in [-0.39, 0.29) is 5.56 Å². The molecular formula is C14H10ClF3. The number of aryl methyl sites for hydroxylation is 1. The number of rotatable bonds is 2. The fraction of sp³-hybridized carbons (Fsp3) is 0.143. The minimum absolute atomic E-state index is 0.00497. The largest absolute Gasteiger partial charge is 0.207 e. The van der Waals surface area contributed by atoms with E-state index in [1.54, 1.807) is 13.0 Å². The quantitative estimate of drug-likeness (QED) is 0.692. The third-order valence-corrected chi connectivity index (χ3v) is 3.22. The molecule has 1 unspecified atom stereocenters. The van der Waals surface area contributed by atoms with Crippen molar-refractivity contribution in [1.82, 2.24) is 0 Å². The third-order valence-electron chi connectivity index (χ3n) is 2.75. The second-order valence-corrected chi connectivity index (χ2v) is 4.47. The van der Waals surface area contributed by atoms with Crippen LogP contribution in [0.1, 0.15) is 22.1 Å². The van der Waals surface area contributed by atoms with Gasteiger partial charge in [-0.05, 0) is 48.4 Å². The van der Waals surface area contributed by atoms with Crippen molar-refractivity contribution in [2.75, 3.05) is 0 Å². The van der Waals surface area contributed by atoms with Gasteiger partial charge in [-0.1, -0.05) is 6.07 Å². The monoisotopic (exact) mass is 270 g/mol. The molecule has 1 atom stereocenters. The second-order valence-electron chi connectivity index (χ2n) is 4.03. The van der Waals surface area contributed by atoms with Crippen molar-refractivity contribution < 1.29 is 13.2 Å². The smallest absolute Gasteiger partial charge is 0.128 e. The predicted octanol–water partition coefficient (Wildman–Crippen LogP) is 4.74. The first-order valence-corrected chi connectivity index (χ1v) is 5.78. The van der Waals surface area contributed by atoms with Crippen molar-refractivity contribution in [3.8, 4) is 0 Å². The van der Waals surface area contributed by atoms with Gasteiger partial charge in [0.25, 0.3) is 0 Å². The molecule has 4 heteroatoms. The number of hydrogen-bond donors (Lipinski definition) is 0. The predicted molar refractivity (Wildman–Crippen MR) is 65.2 cm³/mol. The Morgan fingerprint density at radius 1 is 0.889 bits per heavy atom. The Hall–Kier alpha value is -1.48. The van der Waals surface area contributed by atoms with Crippen LogP contribution >= 0.6 is 11.6 Å². The minimum atomic E-state index is -0.920. The summed E-state index contributed by atoms with van der Waals surface area (Å²) in [5.41, 5.74) is 1.16. The molecule has 0 saturated carbocycles. The lowest BCUT2D eigenvalue weighted by molar-refractivity contribution is 0.586. The molecule has 0 aliphatic carbocycles. The average molecular weight is 271 g/mol. The van der Waals surface area contributed by atoms with Gasteiger partial charge in [0.1, 0.15) is 17.5 Å². The van der Waals surface area contributed by atoms with Gasteiger partial charge in [-0.25, -0.2) is 13.2 Å². The Labute approximate surface area is 108 Å². The summed E-state index contributed by atoms with van der Waals surface area (Å²) in [6.07, 6.45) is 0. The lowest BCUT2D eigenvalue weighted by Crippen LogP contribution is -2.01. The van der Waals surface area contributed by atoms with Crippen LogP contribution in [0.2, 0.25) is 0 Å². The van der Waals surface area contributed by atoms with E-state index < -0.39 is 22.8 Å². The number of hydrogen-bond acceptors (Lipinski definition) is 0. The summed E-state index contributed by atoms with van der Waals surface area (Å²) < 4.78 is 39.9. The Bertz CT molecular complexity index is 530. The Kier molecular flexibility index (Phi) is 3.62. The van der Waals surface area contributed by atoms with E-state index in [1.807, 2.05) is 0 Å². The number of halogens is 4. The summed E-state index contributed by atoms with van der Waals surface area (Å²) in [4.78, 5) is 0. The molecule has 0 bridgehead atoms. The fourth-order valence-electron chi connectivity index (χ4n) is 1.76. The molecule has 0 spiro atoms. The van der Waals surface area contributed by atoms with Crippen LogP contribution in [0, 0.1) is 24.4 Å². The number of benzene rings is 2. The summed E-state index contributed by atoms with van der Waals surface area (Å²) in [6, 6.07) is 7.13. The van der Waals surface area contributed by atoms with Gasteiger partial charge >= 0.3 is 0 Å². The highest BCUT2D eigenvalue weighted by Crippen LogP contribution is 2.33. The Balaban J connectivity index is 2.50. The van der Waals surface area contributed by atoms with Gasteiger partial charge in [0.2, 0.25) is 0 Å². The molecule has 2 aromatic carbocycles. The molecule has 0 nitrogen and oxygen atoms in total. The van der Waals surface area contributed by atoms with Gasteiger partial charge in [0.05, 0.1) is 5.38 Å². The molecule has 0 saturated heterocycles. The van der Waals surface area contributed by atoms with E-state index in [0.29, 0.717) is 5.56 Å². The highest BCUT2D eigenvalue weighted by Gasteiger charge is 2.18. The van der Waals surface area contributed by atoms with Crippen molar-refractivity contribution in [3.05, 3.63) is 70.5 Å². The SMILES string of the molecule is Cc1ccc(F)cc1C(Cl)c1cc(F)ccc1F. The fourth-order valence-corrected chi connectivity index (χ4v) is 2.16. The number of alkyl halides is 1. The van der Waals surface area contributed by atoms with Crippen molar-refractivity contribution >= 4 is 11.6 Å². The van der Waals surface area contributed by atoms with Crippen LogP contribution in [-0.4, -0.2) is 0 Å². The molecule has 0 amide bonds. The highest BCUT2D eigenvalue weighted by molar-refractivity contribution is 6.22. The molecule has 0 aromatic heterocycles. The molecule has 2 aromatic rings. The maximum Gasteiger partial charge on any atom is 0.128 e. The van der Waals surface area contributed by atoms with Crippen molar-refractivity contribution in [3.63, 3.8) is 0 Å². The zero-order valence-corrected chi connectivity index (χ0v) is 10.3. The summed E-state index contributed by atoms with van der Waals surface area (Å²) in [7, 11) is 0. The van der Waals surface area contributed by atoms with Crippen molar-refractivity contribution in [1.29, 1.82) is 0 Å². The molecule has 0 N–H and O–H groups in total. The van der Waals surface area contributed by atoms with Gasteiger partial charge in [-0.2, -0.15) is 0 Å². The van der Waals surface area contributed by atoms with Gasteiger partial charge < -0.3 is 0 Å². The third kappa shape index (κ3) is 2.51. The van der Waals surface area contributed by atoms with Crippen LogP contribution in [0.15, 0.2) is 36.4 Å². The van der Waals surface area contributed by atoms with E-state index in [4.69, 9.17) is 11.6 Å². The summed E-state index contributed by atoms with van der Waals surface area (Å²) >= 11 is 6.11. The zero-order chi connectivity index (χ0) is 13.3. The Morgan fingerprint density at radius 2 is 1.44 bits per heavy atom. The second kappa shape index (κ2) is 5.02. The van der Waals surface area contributed by atoms with Gasteiger partial charge in [0, 0.05) is 5.56 Å². The van der Waals surface area contributed by atoms with Crippen LogP contribution in [0.5, 0.6) is 0 Å². The molecule has 0 aliphatic rings. The maximum atomic E-state index is 13.6. The molecule has 0 heterocycles. The molecule has 0 fully saturated rings. The van der Waals surface area contributed by atoms with Crippen molar-refractivity contribution in [2.24, 2.45) is 0 Å². The van der Waals surface area contributed by atoms with Gasteiger partial charge in [-0.15, -0.1) is 11.6 Å². The maximum absolute atomic E-state index is 13.6. The van der Waals surface area contributed by atoms with Crippen LogP contribution in [-0.2, 0) is 0 Å². The lowest BCUT2D eigenvalue weighted by Gasteiger charge is -2.14. The molecule has 94 valence electrons. The normalized spacial score (nSPS) is 12.5. The topological polar surface area (TPSA) is 0 Å². The first-order valence-electron chi connectivity index (χ1n) is 5.34. The van der Waals surface area contributed by atoms with E-state index in [0.717, 1.165) is 23.8 Å². The zero-order valence-electron chi connectivity index (χ0n) is 9.55. The standard InChI is InChI=1S/C14H10ClF3/c1-8-2-3-9(16)6-11(8)14(15)12-7-10(17)4-5-13(12)18/h2-7,14H,1H3.